The third-order valence-electron chi connectivity index (χ3n) is 5.16. The molecule has 1 N–H and O–H groups in total. The minimum absolute atomic E-state index is 0.153. The number of carbonyl (C=O) groups is 1. The van der Waals surface area contributed by atoms with Crippen LogP contribution in [0.15, 0.2) is 52.2 Å². The molecular weight excluding hydrogens is 479 g/mol. The van der Waals surface area contributed by atoms with Gasteiger partial charge in [-0.2, -0.15) is 9.40 Å². The van der Waals surface area contributed by atoms with Crippen molar-refractivity contribution in [3.05, 3.63) is 63.6 Å². The van der Waals surface area contributed by atoms with E-state index in [-0.39, 0.29) is 12.5 Å². The van der Waals surface area contributed by atoms with E-state index in [1.54, 1.807) is 46.6 Å². The van der Waals surface area contributed by atoms with Gasteiger partial charge in [0.2, 0.25) is 5.91 Å². The lowest BCUT2D eigenvalue weighted by Gasteiger charge is -2.30. The Morgan fingerprint density at radius 3 is 2.84 bits per heavy atom. The van der Waals surface area contributed by atoms with Crippen LogP contribution in [0, 0.1) is 5.92 Å². The van der Waals surface area contributed by atoms with Gasteiger partial charge in [0.1, 0.15) is 10.0 Å². The molecule has 0 radical (unpaired) electrons. The normalized spacial score (nSPS) is 17.5. The van der Waals surface area contributed by atoms with Crippen LogP contribution >= 0.6 is 34.5 Å². The van der Waals surface area contributed by atoms with E-state index in [4.69, 9.17) is 23.2 Å². The molecule has 1 aliphatic heterocycles. The van der Waals surface area contributed by atoms with Crippen molar-refractivity contribution in [2.75, 3.05) is 18.4 Å². The molecule has 4 rings (SSSR count). The SMILES string of the molecule is O=C(Nc1ccnn1Cc1cccc(Cl)c1Cl)[C@@H]1CCCN(S(=O)(=O)c2cccs2)C1. The molecule has 31 heavy (non-hydrogen) atoms. The van der Waals surface area contributed by atoms with Gasteiger partial charge in [-0.25, -0.2) is 13.1 Å². The van der Waals surface area contributed by atoms with E-state index in [0.717, 1.165) is 5.56 Å². The average molecular weight is 499 g/mol. The lowest BCUT2D eigenvalue weighted by atomic mass is 9.99. The van der Waals surface area contributed by atoms with Gasteiger partial charge in [0, 0.05) is 19.2 Å². The Morgan fingerprint density at radius 2 is 2.06 bits per heavy atom. The number of aromatic nitrogens is 2. The van der Waals surface area contributed by atoms with Gasteiger partial charge in [-0.05, 0) is 35.9 Å². The number of nitrogens with one attached hydrogen (secondary N) is 1. The van der Waals surface area contributed by atoms with Gasteiger partial charge in [-0.1, -0.05) is 41.4 Å². The molecule has 1 aromatic carbocycles. The number of nitrogens with zero attached hydrogens (tertiary/aromatic N) is 3. The first-order chi connectivity index (χ1) is 14.9. The fraction of sp³-hybridized carbons (Fsp3) is 0.300. The number of amides is 1. The van der Waals surface area contributed by atoms with Crippen LogP contribution in [0.2, 0.25) is 10.0 Å². The fourth-order valence-electron chi connectivity index (χ4n) is 3.54. The zero-order chi connectivity index (χ0) is 22.0. The minimum atomic E-state index is -3.58. The predicted molar refractivity (Wildman–Crippen MR) is 122 cm³/mol. The first kappa shape index (κ1) is 22.3. The zero-order valence-electron chi connectivity index (χ0n) is 16.4. The largest absolute Gasteiger partial charge is 0.311 e. The number of halogens is 2. The molecule has 1 fully saturated rings. The van der Waals surface area contributed by atoms with Gasteiger partial charge in [0.05, 0.1) is 28.7 Å². The number of sulfonamides is 1. The maximum atomic E-state index is 12.9. The maximum absolute atomic E-state index is 12.9. The van der Waals surface area contributed by atoms with E-state index in [9.17, 15) is 13.2 Å². The van der Waals surface area contributed by atoms with E-state index in [2.05, 4.69) is 10.4 Å². The Morgan fingerprint density at radius 1 is 1.23 bits per heavy atom. The highest BCUT2D eigenvalue weighted by molar-refractivity contribution is 7.91. The molecule has 1 aliphatic rings. The van der Waals surface area contributed by atoms with Crippen molar-refractivity contribution in [1.82, 2.24) is 14.1 Å². The lowest BCUT2D eigenvalue weighted by molar-refractivity contribution is -0.120. The standard InChI is InChI=1S/C20H20Cl2N4O3S2/c21-16-6-1-4-14(19(16)22)13-26-17(8-9-23-26)24-20(27)15-5-2-10-25(12-15)31(28,29)18-7-3-11-30-18/h1,3-4,6-9,11,15H,2,5,10,12-13H2,(H,24,27)/t15-/m1/s1. The van der Waals surface area contributed by atoms with Crippen molar-refractivity contribution in [2.45, 2.75) is 23.6 Å². The quantitative estimate of drug-likeness (QED) is 0.547. The van der Waals surface area contributed by atoms with Crippen LogP contribution in [0.4, 0.5) is 5.82 Å². The third kappa shape index (κ3) is 4.80. The van der Waals surface area contributed by atoms with Gasteiger partial charge >= 0.3 is 0 Å². The highest BCUT2D eigenvalue weighted by Gasteiger charge is 2.34. The van der Waals surface area contributed by atoms with Gasteiger partial charge in [-0.3, -0.25) is 4.79 Å². The number of carbonyl (C=O) groups excluding carboxylic acids is 1. The molecule has 11 heteroatoms. The van der Waals surface area contributed by atoms with Crippen LogP contribution in [0.5, 0.6) is 0 Å². The topological polar surface area (TPSA) is 84.3 Å². The molecule has 164 valence electrons. The summed E-state index contributed by atoms with van der Waals surface area (Å²) in [7, 11) is -3.58. The maximum Gasteiger partial charge on any atom is 0.252 e. The monoisotopic (exact) mass is 498 g/mol. The highest BCUT2D eigenvalue weighted by Crippen LogP contribution is 2.28. The Balaban J connectivity index is 1.46. The van der Waals surface area contributed by atoms with Crippen molar-refractivity contribution in [1.29, 1.82) is 0 Å². The van der Waals surface area contributed by atoms with Gasteiger partial charge in [-0.15, -0.1) is 11.3 Å². The van der Waals surface area contributed by atoms with E-state index < -0.39 is 15.9 Å². The Kier molecular flexibility index (Phi) is 6.68. The van der Waals surface area contributed by atoms with E-state index in [0.29, 0.717) is 46.0 Å². The first-order valence-corrected chi connectivity index (χ1v) is 12.7. The Bertz CT molecular complexity index is 1180. The van der Waals surface area contributed by atoms with Crippen LogP contribution in [0.25, 0.3) is 0 Å². The number of piperidine rings is 1. The molecule has 1 amide bonds. The van der Waals surface area contributed by atoms with Crippen LogP contribution in [-0.4, -0.2) is 41.5 Å². The molecule has 2 aromatic heterocycles. The number of hydrogen-bond acceptors (Lipinski definition) is 5. The van der Waals surface area contributed by atoms with Gasteiger partial charge in [0.15, 0.2) is 0 Å². The second kappa shape index (κ2) is 9.30. The molecule has 0 saturated carbocycles. The molecule has 3 aromatic rings. The van der Waals surface area contributed by atoms with Gasteiger partial charge in [0.25, 0.3) is 10.0 Å². The van der Waals surface area contributed by atoms with Crippen molar-refractivity contribution < 1.29 is 13.2 Å². The number of anilines is 1. The molecule has 7 nitrogen and oxygen atoms in total. The average Bonchev–Trinajstić information content (AvgIpc) is 3.44. The van der Waals surface area contributed by atoms with E-state index in [1.807, 2.05) is 6.07 Å². The van der Waals surface area contributed by atoms with E-state index in [1.165, 1.54) is 15.6 Å². The molecule has 0 spiro atoms. The fourth-order valence-corrected chi connectivity index (χ4v) is 6.59. The number of rotatable bonds is 6. The summed E-state index contributed by atoms with van der Waals surface area (Å²) in [6, 6.07) is 10.3. The second-order valence-corrected chi connectivity index (χ2v) is 11.1. The molecular formula is C20H20Cl2N4O3S2. The zero-order valence-corrected chi connectivity index (χ0v) is 19.5. The van der Waals surface area contributed by atoms with Crippen LogP contribution in [0.3, 0.4) is 0 Å². The Hall–Kier alpha value is -1.91. The van der Waals surface area contributed by atoms with Crippen molar-refractivity contribution in [3.63, 3.8) is 0 Å². The number of hydrogen-bond donors (Lipinski definition) is 1. The summed E-state index contributed by atoms with van der Waals surface area (Å²) in [5.41, 5.74) is 0.777. The molecule has 3 heterocycles. The minimum Gasteiger partial charge on any atom is -0.311 e. The summed E-state index contributed by atoms with van der Waals surface area (Å²) >= 11 is 13.5. The molecule has 0 aliphatic carbocycles. The molecule has 1 saturated heterocycles. The van der Waals surface area contributed by atoms with Crippen molar-refractivity contribution in [2.24, 2.45) is 5.92 Å². The smallest absolute Gasteiger partial charge is 0.252 e. The van der Waals surface area contributed by atoms with Crippen LogP contribution < -0.4 is 5.32 Å². The predicted octanol–water partition coefficient (Wildman–Crippen LogP) is 4.34. The van der Waals surface area contributed by atoms with Gasteiger partial charge < -0.3 is 5.32 Å². The van der Waals surface area contributed by atoms with Crippen LogP contribution in [0.1, 0.15) is 18.4 Å². The van der Waals surface area contributed by atoms with E-state index >= 15 is 0 Å². The summed E-state index contributed by atoms with van der Waals surface area (Å²) in [6.45, 7) is 0.904. The third-order valence-corrected chi connectivity index (χ3v) is 9.26. The summed E-state index contributed by atoms with van der Waals surface area (Å²) < 4.78 is 29.0. The highest BCUT2D eigenvalue weighted by atomic mass is 35.5. The summed E-state index contributed by atoms with van der Waals surface area (Å²) in [5, 5.41) is 9.78. The second-order valence-electron chi connectivity index (χ2n) is 7.21. The van der Waals surface area contributed by atoms with Crippen molar-refractivity contribution in [3.8, 4) is 0 Å². The molecule has 0 unspecified atom stereocenters. The number of benzene rings is 1. The Labute approximate surface area is 194 Å². The van der Waals surface area contributed by atoms with Crippen molar-refractivity contribution >= 4 is 56.3 Å². The summed E-state index contributed by atoms with van der Waals surface area (Å²) in [6.07, 6.45) is 2.83. The van der Waals surface area contributed by atoms with Crippen LogP contribution in [-0.2, 0) is 21.4 Å². The summed E-state index contributed by atoms with van der Waals surface area (Å²) in [5.74, 6) is -0.161. The molecule has 1 atom stereocenters. The number of thiophene rings is 1. The molecule has 0 bridgehead atoms. The first-order valence-electron chi connectivity index (χ1n) is 9.65. The summed E-state index contributed by atoms with van der Waals surface area (Å²) in [4.78, 5) is 12.9. The lowest BCUT2D eigenvalue weighted by Crippen LogP contribution is -2.43.